The number of carbonyl (C=O) groups is 1. The maximum atomic E-state index is 13.0. The molecule has 0 aliphatic carbocycles. The summed E-state index contributed by atoms with van der Waals surface area (Å²) < 4.78 is 5.21. The number of hydrogen-bond acceptors (Lipinski definition) is 4. The molecule has 0 saturated carbocycles. The number of thiophene rings is 1. The summed E-state index contributed by atoms with van der Waals surface area (Å²) in [4.78, 5) is 16.4. The van der Waals surface area contributed by atoms with Gasteiger partial charge in [-0.2, -0.15) is 0 Å². The summed E-state index contributed by atoms with van der Waals surface area (Å²) in [6.45, 7) is 6.01. The van der Waals surface area contributed by atoms with E-state index >= 15 is 0 Å². The number of ether oxygens (including phenoxy) is 1. The van der Waals surface area contributed by atoms with E-state index < -0.39 is 0 Å². The van der Waals surface area contributed by atoms with Crippen LogP contribution >= 0.6 is 23.7 Å². The molecule has 0 aromatic carbocycles. The number of rotatable bonds is 8. The summed E-state index contributed by atoms with van der Waals surface area (Å²) in [6, 6.07) is 4.21. The van der Waals surface area contributed by atoms with Crippen LogP contribution in [0.3, 0.4) is 0 Å². The molecule has 1 aliphatic heterocycles. The molecule has 2 rings (SSSR count). The van der Waals surface area contributed by atoms with Gasteiger partial charge in [0.2, 0.25) is 5.91 Å². The van der Waals surface area contributed by atoms with Crippen molar-refractivity contribution >= 4 is 29.7 Å². The predicted molar refractivity (Wildman–Crippen MR) is 93.9 cm³/mol. The van der Waals surface area contributed by atoms with Crippen molar-refractivity contribution in [2.24, 2.45) is 5.41 Å². The van der Waals surface area contributed by atoms with Crippen LogP contribution in [0.2, 0.25) is 0 Å². The second-order valence-corrected chi connectivity index (χ2v) is 6.70. The van der Waals surface area contributed by atoms with Gasteiger partial charge in [-0.25, -0.2) is 0 Å². The molecule has 22 heavy (non-hydrogen) atoms. The molecule has 4 nitrogen and oxygen atoms in total. The predicted octanol–water partition coefficient (Wildman–Crippen LogP) is 2.58. The first kappa shape index (κ1) is 19.4. The molecular formula is C16H27ClN2O2S. The van der Waals surface area contributed by atoms with E-state index in [1.807, 2.05) is 4.90 Å². The summed E-state index contributed by atoms with van der Waals surface area (Å²) in [5.41, 5.74) is -0.262. The van der Waals surface area contributed by atoms with Crippen LogP contribution in [0.4, 0.5) is 0 Å². The quantitative estimate of drug-likeness (QED) is 0.786. The second kappa shape index (κ2) is 9.50. The number of likely N-dealkylation sites (N-methyl/N-ethyl adjacent to an activating group) is 1. The number of amides is 1. The lowest BCUT2D eigenvalue weighted by molar-refractivity contribution is -0.142. The Labute approximate surface area is 143 Å². The summed E-state index contributed by atoms with van der Waals surface area (Å²) in [5.74, 6) is 0.295. The van der Waals surface area contributed by atoms with Crippen LogP contribution in [-0.4, -0.2) is 50.7 Å². The normalized spacial score (nSPS) is 20.6. The Bertz CT molecular complexity index is 433. The second-order valence-electron chi connectivity index (χ2n) is 5.66. The summed E-state index contributed by atoms with van der Waals surface area (Å²) in [6.07, 6.45) is 2.68. The molecule has 1 fully saturated rings. The lowest BCUT2D eigenvalue weighted by Gasteiger charge is -2.33. The standard InChI is InChI=1S/C16H26N2O2S.ClH/c1-3-18(10-6-14-5-4-12-21-14)15(19)16(8-11-20-2)7-9-17-13-16;/h4-5,12,17H,3,6-11,13H2,1-2H3;1H. The van der Waals surface area contributed by atoms with Gasteiger partial charge in [-0.3, -0.25) is 4.79 Å². The molecule has 126 valence electrons. The Morgan fingerprint density at radius 1 is 1.55 bits per heavy atom. The zero-order valence-corrected chi connectivity index (χ0v) is 15.1. The van der Waals surface area contributed by atoms with E-state index in [4.69, 9.17) is 4.74 Å². The Hall–Kier alpha value is -0.620. The smallest absolute Gasteiger partial charge is 0.230 e. The van der Waals surface area contributed by atoms with E-state index in [0.717, 1.165) is 45.4 Å². The Morgan fingerprint density at radius 2 is 2.36 bits per heavy atom. The van der Waals surface area contributed by atoms with Crippen LogP contribution < -0.4 is 5.32 Å². The van der Waals surface area contributed by atoms with Crippen LogP contribution in [0.15, 0.2) is 17.5 Å². The fourth-order valence-electron chi connectivity index (χ4n) is 2.98. The zero-order chi connectivity index (χ0) is 15.1. The molecule has 1 amide bonds. The Morgan fingerprint density at radius 3 is 2.91 bits per heavy atom. The first-order valence-electron chi connectivity index (χ1n) is 7.73. The van der Waals surface area contributed by atoms with Crippen molar-refractivity contribution in [1.82, 2.24) is 10.2 Å². The van der Waals surface area contributed by atoms with E-state index in [2.05, 4.69) is 29.8 Å². The zero-order valence-electron chi connectivity index (χ0n) is 13.5. The summed E-state index contributed by atoms with van der Waals surface area (Å²) >= 11 is 1.76. The van der Waals surface area contributed by atoms with E-state index in [0.29, 0.717) is 12.5 Å². The van der Waals surface area contributed by atoms with Crippen LogP contribution in [0.1, 0.15) is 24.6 Å². The third kappa shape index (κ3) is 4.69. The number of nitrogens with zero attached hydrogens (tertiary/aromatic N) is 1. The topological polar surface area (TPSA) is 41.6 Å². The first-order chi connectivity index (χ1) is 10.2. The molecule has 1 saturated heterocycles. The number of methoxy groups -OCH3 is 1. The fraction of sp³-hybridized carbons (Fsp3) is 0.688. The van der Waals surface area contributed by atoms with Crippen molar-refractivity contribution in [3.63, 3.8) is 0 Å². The minimum atomic E-state index is -0.262. The first-order valence-corrected chi connectivity index (χ1v) is 8.61. The molecule has 1 aromatic rings. The lowest BCUT2D eigenvalue weighted by atomic mass is 9.82. The van der Waals surface area contributed by atoms with Gasteiger partial charge < -0.3 is 15.0 Å². The third-order valence-electron chi connectivity index (χ3n) is 4.36. The van der Waals surface area contributed by atoms with E-state index in [-0.39, 0.29) is 17.8 Å². The molecular weight excluding hydrogens is 320 g/mol. The molecule has 0 radical (unpaired) electrons. The van der Waals surface area contributed by atoms with Gasteiger partial charge in [-0.1, -0.05) is 6.07 Å². The summed E-state index contributed by atoms with van der Waals surface area (Å²) in [5, 5.41) is 5.44. The number of carbonyl (C=O) groups excluding carboxylic acids is 1. The number of halogens is 1. The molecule has 1 unspecified atom stereocenters. The minimum Gasteiger partial charge on any atom is -0.385 e. The highest BCUT2D eigenvalue weighted by Crippen LogP contribution is 2.32. The largest absolute Gasteiger partial charge is 0.385 e. The van der Waals surface area contributed by atoms with Crippen LogP contribution in [0.5, 0.6) is 0 Å². The Kier molecular flexibility index (Phi) is 8.39. The average Bonchev–Trinajstić information content (AvgIpc) is 3.18. The maximum Gasteiger partial charge on any atom is 0.230 e. The van der Waals surface area contributed by atoms with Gasteiger partial charge in [0, 0.05) is 38.2 Å². The van der Waals surface area contributed by atoms with E-state index in [1.54, 1.807) is 18.4 Å². The Balaban J connectivity index is 0.00000242. The SMILES string of the molecule is CCN(CCc1cccs1)C(=O)C1(CCOC)CCNC1.Cl. The van der Waals surface area contributed by atoms with Gasteiger partial charge in [-0.15, -0.1) is 23.7 Å². The van der Waals surface area contributed by atoms with Crippen molar-refractivity contribution in [3.8, 4) is 0 Å². The fourth-order valence-corrected chi connectivity index (χ4v) is 3.68. The monoisotopic (exact) mass is 346 g/mol. The maximum absolute atomic E-state index is 13.0. The number of nitrogens with one attached hydrogen (secondary N) is 1. The van der Waals surface area contributed by atoms with Crippen molar-refractivity contribution < 1.29 is 9.53 Å². The average molecular weight is 347 g/mol. The van der Waals surface area contributed by atoms with Crippen LogP contribution in [0, 0.1) is 5.41 Å². The molecule has 1 N–H and O–H groups in total. The minimum absolute atomic E-state index is 0. The molecule has 6 heteroatoms. The van der Waals surface area contributed by atoms with Gasteiger partial charge in [0.05, 0.1) is 5.41 Å². The van der Waals surface area contributed by atoms with Crippen molar-refractivity contribution in [3.05, 3.63) is 22.4 Å². The van der Waals surface area contributed by atoms with Crippen LogP contribution in [-0.2, 0) is 16.0 Å². The van der Waals surface area contributed by atoms with Gasteiger partial charge in [0.1, 0.15) is 0 Å². The number of hydrogen-bond donors (Lipinski definition) is 1. The summed E-state index contributed by atoms with van der Waals surface area (Å²) in [7, 11) is 1.70. The van der Waals surface area contributed by atoms with Crippen molar-refractivity contribution in [1.29, 1.82) is 0 Å². The molecule has 2 heterocycles. The van der Waals surface area contributed by atoms with Gasteiger partial charge >= 0.3 is 0 Å². The van der Waals surface area contributed by atoms with Gasteiger partial charge in [0.25, 0.3) is 0 Å². The molecule has 0 spiro atoms. The van der Waals surface area contributed by atoms with E-state index in [9.17, 15) is 4.79 Å². The molecule has 1 aromatic heterocycles. The van der Waals surface area contributed by atoms with Crippen LogP contribution in [0.25, 0.3) is 0 Å². The highest BCUT2D eigenvalue weighted by Gasteiger charge is 2.42. The molecule has 1 atom stereocenters. The highest BCUT2D eigenvalue weighted by atomic mass is 35.5. The molecule has 0 bridgehead atoms. The van der Waals surface area contributed by atoms with Crippen molar-refractivity contribution in [2.45, 2.75) is 26.2 Å². The van der Waals surface area contributed by atoms with E-state index in [1.165, 1.54) is 4.88 Å². The van der Waals surface area contributed by atoms with Crippen molar-refractivity contribution in [2.75, 3.05) is 39.9 Å². The van der Waals surface area contributed by atoms with Gasteiger partial charge in [-0.05, 0) is 44.2 Å². The third-order valence-corrected chi connectivity index (χ3v) is 5.30. The van der Waals surface area contributed by atoms with Gasteiger partial charge in [0.15, 0.2) is 0 Å². The highest BCUT2D eigenvalue weighted by molar-refractivity contribution is 7.09. The lowest BCUT2D eigenvalue weighted by Crippen LogP contribution is -2.46. The molecule has 1 aliphatic rings.